The van der Waals surface area contributed by atoms with Crippen LogP contribution >= 0.6 is 11.3 Å². The van der Waals surface area contributed by atoms with Crippen LogP contribution in [0, 0.1) is 5.82 Å². The molecular formula is C22H23FN4O3S2. The summed E-state index contributed by atoms with van der Waals surface area (Å²) >= 11 is 1.07. The molecule has 1 aromatic heterocycles. The number of sulfonamides is 1. The summed E-state index contributed by atoms with van der Waals surface area (Å²) in [6.45, 7) is 5.22. The van der Waals surface area contributed by atoms with Gasteiger partial charge in [0.1, 0.15) is 15.7 Å². The van der Waals surface area contributed by atoms with Gasteiger partial charge in [0.25, 0.3) is 5.91 Å². The molecule has 0 radical (unpaired) electrons. The number of piperazine rings is 1. The monoisotopic (exact) mass is 474 g/mol. The molecule has 0 unspecified atom stereocenters. The van der Waals surface area contributed by atoms with Crippen molar-refractivity contribution >= 4 is 33.0 Å². The van der Waals surface area contributed by atoms with E-state index in [9.17, 15) is 17.6 Å². The number of aromatic nitrogens is 1. The van der Waals surface area contributed by atoms with Gasteiger partial charge in [-0.2, -0.15) is 4.31 Å². The molecule has 0 atom stereocenters. The fourth-order valence-corrected chi connectivity index (χ4v) is 5.81. The van der Waals surface area contributed by atoms with E-state index in [0.29, 0.717) is 47.3 Å². The van der Waals surface area contributed by atoms with Gasteiger partial charge in [0.05, 0.1) is 11.1 Å². The maximum absolute atomic E-state index is 14.0. The van der Waals surface area contributed by atoms with Crippen molar-refractivity contribution in [3.8, 4) is 10.6 Å². The first-order valence-corrected chi connectivity index (χ1v) is 12.5. The molecule has 7 nitrogen and oxygen atoms in total. The van der Waals surface area contributed by atoms with E-state index in [1.165, 1.54) is 28.7 Å². The Balaban J connectivity index is 1.49. The Hall–Kier alpha value is -2.66. The van der Waals surface area contributed by atoms with E-state index in [0.717, 1.165) is 17.9 Å². The van der Waals surface area contributed by atoms with Gasteiger partial charge in [-0.3, -0.25) is 4.79 Å². The number of carbonyl (C=O) groups is 1. The van der Waals surface area contributed by atoms with E-state index in [1.54, 1.807) is 30.3 Å². The van der Waals surface area contributed by atoms with Crippen LogP contribution in [0.2, 0.25) is 0 Å². The number of amides is 1. The van der Waals surface area contributed by atoms with Crippen molar-refractivity contribution in [3.63, 3.8) is 0 Å². The predicted molar refractivity (Wildman–Crippen MR) is 123 cm³/mol. The first-order chi connectivity index (χ1) is 15.4. The van der Waals surface area contributed by atoms with E-state index in [-0.39, 0.29) is 4.90 Å². The van der Waals surface area contributed by atoms with Gasteiger partial charge in [-0.25, -0.2) is 17.8 Å². The molecule has 168 valence electrons. The van der Waals surface area contributed by atoms with Gasteiger partial charge >= 0.3 is 0 Å². The minimum absolute atomic E-state index is 0.136. The molecule has 3 aromatic rings. The third-order valence-corrected chi connectivity index (χ3v) is 8.27. The molecule has 0 saturated carbocycles. The van der Waals surface area contributed by atoms with Gasteiger partial charge in [0, 0.05) is 37.4 Å². The number of carbonyl (C=O) groups excluding carboxylic acids is 1. The summed E-state index contributed by atoms with van der Waals surface area (Å²) < 4.78 is 41.5. The van der Waals surface area contributed by atoms with Crippen LogP contribution in [-0.2, 0) is 10.0 Å². The largest absolute Gasteiger partial charge is 0.321 e. The van der Waals surface area contributed by atoms with Gasteiger partial charge in [-0.1, -0.05) is 25.1 Å². The highest BCUT2D eigenvalue weighted by atomic mass is 32.2. The van der Waals surface area contributed by atoms with E-state index in [1.807, 2.05) is 0 Å². The smallest absolute Gasteiger partial charge is 0.267 e. The van der Waals surface area contributed by atoms with Crippen LogP contribution in [0.15, 0.2) is 59.6 Å². The number of hydrogen-bond donors (Lipinski definition) is 1. The van der Waals surface area contributed by atoms with Crippen LogP contribution in [0.3, 0.4) is 0 Å². The van der Waals surface area contributed by atoms with Crippen molar-refractivity contribution in [1.82, 2.24) is 14.2 Å². The van der Waals surface area contributed by atoms with Gasteiger partial charge in [-0.15, -0.1) is 11.3 Å². The summed E-state index contributed by atoms with van der Waals surface area (Å²) in [4.78, 5) is 19.5. The lowest BCUT2D eigenvalue weighted by molar-refractivity contribution is 0.103. The van der Waals surface area contributed by atoms with Crippen molar-refractivity contribution in [2.24, 2.45) is 0 Å². The average molecular weight is 475 g/mol. The molecule has 0 aliphatic carbocycles. The lowest BCUT2D eigenvalue weighted by Crippen LogP contribution is -2.48. The second kappa shape index (κ2) is 9.45. The molecular weight excluding hydrogens is 451 g/mol. The minimum Gasteiger partial charge on any atom is -0.321 e. The highest BCUT2D eigenvalue weighted by Gasteiger charge is 2.28. The summed E-state index contributed by atoms with van der Waals surface area (Å²) in [5, 5.41) is 3.11. The molecule has 2 aromatic carbocycles. The fourth-order valence-electron chi connectivity index (χ4n) is 3.50. The van der Waals surface area contributed by atoms with Crippen molar-refractivity contribution < 1.29 is 17.6 Å². The molecule has 1 N–H and O–H groups in total. The lowest BCUT2D eigenvalue weighted by Gasteiger charge is -2.33. The maximum atomic E-state index is 14.0. The normalized spacial score (nSPS) is 15.6. The maximum Gasteiger partial charge on any atom is 0.267 e. The van der Waals surface area contributed by atoms with Crippen molar-refractivity contribution in [3.05, 3.63) is 65.4 Å². The first-order valence-electron chi connectivity index (χ1n) is 10.2. The molecule has 32 heavy (non-hydrogen) atoms. The molecule has 1 aliphatic rings. The predicted octanol–water partition coefficient (Wildman–Crippen LogP) is 3.53. The Morgan fingerprint density at radius 3 is 2.59 bits per heavy atom. The van der Waals surface area contributed by atoms with Crippen LogP contribution in [0.25, 0.3) is 10.6 Å². The number of hydrogen-bond acceptors (Lipinski definition) is 6. The highest BCUT2D eigenvalue weighted by molar-refractivity contribution is 7.89. The molecule has 4 rings (SSSR count). The molecule has 0 bridgehead atoms. The zero-order valence-corrected chi connectivity index (χ0v) is 19.1. The summed E-state index contributed by atoms with van der Waals surface area (Å²) in [6, 6.07) is 12.4. The summed E-state index contributed by atoms with van der Waals surface area (Å²) in [5.41, 5.74) is 0.692. The van der Waals surface area contributed by atoms with E-state index in [4.69, 9.17) is 0 Å². The Kier molecular flexibility index (Phi) is 6.66. The number of thiazole rings is 1. The van der Waals surface area contributed by atoms with Crippen LogP contribution in [-0.4, -0.2) is 61.2 Å². The number of halogens is 1. The topological polar surface area (TPSA) is 82.6 Å². The summed E-state index contributed by atoms with van der Waals surface area (Å²) in [5.74, 6) is -0.845. The minimum atomic E-state index is -3.65. The second-order valence-electron chi connectivity index (χ2n) is 7.33. The zero-order valence-electron chi connectivity index (χ0n) is 17.5. The van der Waals surface area contributed by atoms with Crippen LogP contribution in [0.4, 0.5) is 10.1 Å². The first kappa shape index (κ1) is 22.5. The zero-order chi connectivity index (χ0) is 22.7. The second-order valence-corrected chi connectivity index (χ2v) is 10.3. The number of rotatable bonds is 6. The molecule has 2 heterocycles. The highest BCUT2D eigenvalue weighted by Crippen LogP contribution is 2.28. The van der Waals surface area contributed by atoms with Crippen molar-refractivity contribution in [2.45, 2.75) is 11.8 Å². The van der Waals surface area contributed by atoms with Crippen LogP contribution in [0.1, 0.15) is 16.6 Å². The van der Waals surface area contributed by atoms with E-state index < -0.39 is 21.7 Å². The number of anilines is 1. The number of likely N-dealkylation sites (N-methyl/N-ethyl adjacent to an activating group) is 1. The summed E-state index contributed by atoms with van der Waals surface area (Å²) in [7, 11) is -3.65. The molecule has 1 amide bonds. The molecule has 1 aliphatic heterocycles. The Bertz CT molecular complexity index is 1220. The van der Waals surface area contributed by atoms with Crippen molar-refractivity contribution in [1.29, 1.82) is 0 Å². The third kappa shape index (κ3) is 4.73. The van der Waals surface area contributed by atoms with Gasteiger partial charge in [-0.05, 0) is 36.9 Å². The average Bonchev–Trinajstić information content (AvgIpc) is 3.30. The van der Waals surface area contributed by atoms with Gasteiger partial charge in [0.2, 0.25) is 10.0 Å². The standard InChI is InChI=1S/C22H23FN4O3S2/c1-2-26-10-12-27(13-11-26)32(29,30)17-7-5-6-16(14-17)25-21(28)20-15-24-22(31-20)18-8-3-4-9-19(18)23/h3-9,14-15H,2,10-13H2,1H3,(H,25,28). The number of nitrogens with zero attached hydrogens (tertiary/aromatic N) is 3. The van der Waals surface area contributed by atoms with E-state index >= 15 is 0 Å². The van der Waals surface area contributed by atoms with Crippen LogP contribution < -0.4 is 5.32 Å². The van der Waals surface area contributed by atoms with Gasteiger partial charge < -0.3 is 10.2 Å². The number of nitrogens with one attached hydrogen (secondary N) is 1. The van der Waals surface area contributed by atoms with Crippen molar-refractivity contribution in [2.75, 3.05) is 38.0 Å². The fraction of sp³-hybridized carbons (Fsp3) is 0.273. The quantitative estimate of drug-likeness (QED) is 0.591. The Morgan fingerprint density at radius 2 is 1.88 bits per heavy atom. The van der Waals surface area contributed by atoms with Gasteiger partial charge in [0.15, 0.2) is 0 Å². The molecule has 1 saturated heterocycles. The molecule has 10 heteroatoms. The Morgan fingerprint density at radius 1 is 1.12 bits per heavy atom. The van der Waals surface area contributed by atoms with E-state index in [2.05, 4.69) is 22.1 Å². The lowest BCUT2D eigenvalue weighted by atomic mass is 10.2. The van der Waals surface area contributed by atoms with Crippen LogP contribution in [0.5, 0.6) is 0 Å². The SMILES string of the molecule is CCN1CCN(S(=O)(=O)c2cccc(NC(=O)c3cnc(-c4ccccc4F)s3)c2)CC1. The number of benzene rings is 2. The molecule has 1 fully saturated rings. The molecule has 0 spiro atoms. The summed E-state index contributed by atoms with van der Waals surface area (Å²) in [6.07, 6.45) is 1.38. The Labute approximate surface area is 190 Å². The third-order valence-electron chi connectivity index (χ3n) is 5.34.